The van der Waals surface area contributed by atoms with Crippen LogP contribution in [0.3, 0.4) is 0 Å². The van der Waals surface area contributed by atoms with Gasteiger partial charge in [0.15, 0.2) is 0 Å². The van der Waals surface area contributed by atoms with Crippen molar-refractivity contribution >= 4 is 23.5 Å². The second kappa shape index (κ2) is 11.5. The van der Waals surface area contributed by atoms with Gasteiger partial charge in [-0.05, 0) is 60.3 Å². The predicted octanol–water partition coefficient (Wildman–Crippen LogP) is 5.83. The zero-order valence-electron chi connectivity index (χ0n) is 22.6. The Morgan fingerprint density at radius 3 is 2.23 bits per heavy atom. The zero-order valence-corrected chi connectivity index (χ0v) is 22.6. The van der Waals surface area contributed by atoms with Crippen LogP contribution in [0.2, 0.25) is 0 Å². The van der Waals surface area contributed by atoms with E-state index in [4.69, 9.17) is 9.47 Å². The third kappa shape index (κ3) is 5.95. The van der Waals surface area contributed by atoms with Crippen molar-refractivity contribution in [2.45, 2.75) is 51.4 Å². The SMILES string of the molecule is COC(=O)C[C@H]1[C@H](C)C(C(F)(F)F)=NN1c1ccc(CC2C3CCC2CN(C(=O)OCc2ccccc2)C3)cc1. The van der Waals surface area contributed by atoms with Crippen molar-refractivity contribution in [1.29, 1.82) is 0 Å². The van der Waals surface area contributed by atoms with Gasteiger partial charge in [0.2, 0.25) is 0 Å². The van der Waals surface area contributed by atoms with Crippen LogP contribution in [0.4, 0.5) is 23.7 Å². The molecule has 2 aliphatic heterocycles. The van der Waals surface area contributed by atoms with Gasteiger partial charge < -0.3 is 14.4 Å². The van der Waals surface area contributed by atoms with Crippen LogP contribution in [0.1, 0.15) is 37.3 Å². The topological polar surface area (TPSA) is 71.4 Å². The molecule has 0 aromatic heterocycles. The summed E-state index contributed by atoms with van der Waals surface area (Å²) < 4.78 is 51.0. The van der Waals surface area contributed by atoms with Crippen molar-refractivity contribution < 1.29 is 32.2 Å². The minimum Gasteiger partial charge on any atom is -0.469 e. The number of hydrazone groups is 1. The van der Waals surface area contributed by atoms with Gasteiger partial charge >= 0.3 is 18.2 Å². The highest BCUT2D eigenvalue weighted by Gasteiger charge is 2.49. The Bertz CT molecular complexity index is 1220. The van der Waals surface area contributed by atoms with Crippen molar-refractivity contribution in [3.05, 3.63) is 65.7 Å². The number of esters is 1. The van der Waals surface area contributed by atoms with Crippen LogP contribution < -0.4 is 5.01 Å². The number of fused-ring (bicyclic) bond motifs is 2. The van der Waals surface area contributed by atoms with Gasteiger partial charge in [-0.3, -0.25) is 9.80 Å². The Morgan fingerprint density at radius 2 is 1.62 bits per heavy atom. The first kappa shape index (κ1) is 28.0. The lowest BCUT2D eigenvalue weighted by Crippen LogP contribution is -2.45. The van der Waals surface area contributed by atoms with E-state index in [0.29, 0.717) is 36.5 Å². The monoisotopic (exact) mass is 557 g/mol. The number of carbonyl (C=O) groups excluding carboxylic acids is 2. The summed E-state index contributed by atoms with van der Waals surface area (Å²) in [6.07, 6.45) is -2.09. The van der Waals surface area contributed by atoms with Crippen LogP contribution in [-0.4, -0.2) is 55.1 Å². The van der Waals surface area contributed by atoms with Crippen LogP contribution in [0.15, 0.2) is 59.7 Å². The summed E-state index contributed by atoms with van der Waals surface area (Å²) in [5.74, 6) is -0.365. The number of nitrogens with zero attached hydrogens (tertiary/aromatic N) is 3. The number of rotatable bonds is 7. The Morgan fingerprint density at radius 1 is 0.975 bits per heavy atom. The molecular weight excluding hydrogens is 523 g/mol. The summed E-state index contributed by atoms with van der Waals surface area (Å²) in [7, 11) is 1.22. The lowest BCUT2D eigenvalue weighted by molar-refractivity contribution is -0.141. The minimum atomic E-state index is -4.58. The number of amides is 1. The normalized spacial score (nSPS) is 26.0. The lowest BCUT2D eigenvalue weighted by Gasteiger charge is -2.37. The zero-order chi connectivity index (χ0) is 28.4. The van der Waals surface area contributed by atoms with Gasteiger partial charge in [0, 0.05) is 19.0 Å². The molecule has 2 fully saturated rings. The predicted molar refractivity (Wildman–Crippen MR) is 144 cm³/mol. The van der Waals surface area contributed by atoms with Crippen LogP contribution in [0.25, 0.3) is 0 Å². The second-order valence-corrected chi connectivity index (χ2v) is 11.0. The number of ether oxygens (including phenoxy) is 2. The Kier molecular flexibility index (Phi) is 8.05. The first-order valence-electron chi connectivity index (χ1n) is 13.7. The van der Waals surface area contributed by atoms with Crippen LogP contribution in [0.5, 0.6) is 0 Å². The molecule has 0 N–H and O–H groups in total. The van der Waals surface area contributed by atoms with Gasteiger partial charge in [-0.25, -0.2) is 4.79 Å². The molecule has 1 saturated heterocycles. The number of carbonyl (C=O) groups is 2. The van der Waals surface area contributed by atoms with Gasteiger partial charge in [-0.1, -0.05) is 49.4 Å². The summed E-state index contributed by atoms with van der Waals surface area (Å²) in [5.41, 5.74) is 1.65. The maximum Gasteiger partial charge on any atom is 0.431 e. The quantitative estimate of drug-likeness (QED) is 0.401. The van der Waals surface area contributed by atoms with Crippen molar-refractivity contribution in [1.82, 2.24) is 4.90 Å². The molecule has 2 aromatic carbocycles. The van der Waals surface area contributed by atoms with Crippen molar-refractivity contribution in [3.63, 3.8) is 0 Å². The number of methoxy groups -OCH3 is 1. The lowest BCUT2D eigenvalue weighted by atomic mass is 9.81. The average Bonchev–Trinajstić information content (AvgIpc) is 3.38. The van der Waals surface area contributed by atoms with Gasteiger partial charge in [0.1, 0.15) is 12.3 Å². The second-order valence-electron chi connectivity index (χ2n) is 11.0. The third-order valence-electron chi connectivity index (χ3n) is 8.60. The summed E-state index contributed by atoms with van der Waals surface area (Å²) in [6, 6.07) is 16.2. The molecule has 5 rings (SSSR count). The van der Waals surface area contributed by atoms with E-state index in [-0.39, 0.29) is 19.1 Å². The number of likely N-dealkylation sites (tertiary alicyclic amines) is 1. The molecular formula is C30H34F3N3O4. The smallest absolute Gasteiger partial charge is 0.431 e. The minimum absolute atomic E-state index is 0.196. The fourth-order valence-electron chi connectivity index (χ4n) is 6.44. The number of anilines is 1. The number of hydrogen-bond acceptors (Lipinski definition) is 6. The molecule has 214 valence electrons. The molecule has 0 radical (unpaired) electrons. The Labute approximate surface area is 231 Å². The molecule has 2 bridgehead atoms. The molecule has 0 spiro atoms. The highest BCUT2D eigenvalue weighted by Crippen LogP contribution is 2.44. The van der Waals surface area contributed by atoms with Crippen LogP contribution in [0, 0.1) is 23.7 Å². The van der Waals surface area contributed by atoms with E-state index >= 15 is 0 Å². The van der Waals surface area contributed by atoms with Gasteiger partial charge in [-0.2, -0.15) is 18.3 Å². The molecule has 4 atom stereocenters. The van der Waals surface area contributed by atoms with Gasteiger partial charge in [-0.15, -0.1) is 0 Å². The third-order valence-corrected chi connectivity index (χ3v) is 8.60. The number of alkyl halides is 3. The van der Waals surface area contributed by atoms with Crippen LogP contribution in [-0.2, 0) is 27.3 Å². The summed E-state index contributed by atoms with van der Waals surface area (Å²) in [4.78, 5) is 26.5. The highest BCUT2D eigenvalue weighted by molar-refractivity contribution is 5.96. The number of halogens is 3. The van der Waals surface area contributed by atoms with E-state index in [9.17, 15) is 22.8 Å². The molecule has 1 aliphatic carbocycles. The Hall–Kier alpha value is -3.56. The van der Waals surface area contributed by atoms with E-state index in [1.165, 1.54) is 19.0 Å². The van der Waals surface area contributed by atoms with Gasteiger partial charge in [0.25, 0.3) is 0 Å². The average molecular weight is 558 g/mol. The fourth-order valence-corrected chi connectivity index (χ4v) is 6.44. The van der Waals surface area contributed by atoms with E-state index < -0.39 is 29.8 Å². The van der Waals surface area contributed by atoms with E-state index in [2.05, 4.69) is 5.10 Å². The molecule has 1 saturated carbocycles. The van der Waals surface area contributed by atoms with Gasteiger partial charge in [0.05, 0.1) is 25.3 Å². The molecule has 2 aromatic rings. The summed E-state index contributed by atoms with van der Waals surface area (Å²) in [6.45, 7) is 3.03. The highest BCUT2D eigenvalue weighted by atomic mass is 19.4. The van der Waals surface area contributed by atoms with E-state index in [1.807, 2.05) is 47.4 Å². The molecule has 2 heterocycles. The standard InChI is InChI=1S/C30H34F3N3O4/c1-19-26(15-27(37)39-2)36(34-28(19)30(31,32)33)24-12-8-20(9-13-24)14-25-22-10-11-23(25)17-35(16-22)29(38)40-18-21-6-4-3-5-7-21/h3-9,12-13,19,22-23,25-26H,10-11,14-18H2,1-2H3/t19-,22?,23?,25?,26-/m0/s1. The first-order valence-corrected chi connectivity index (χ1v) is 13.7. The maximum absolute atomic E-state index is 13.6. The first-order chi connectivity index (χ1) is 19.1. The largest absolute Gasteiger partial charge is 0.469 e. The fraction of sp³-hybridized carbons (Fsp3) is 0.500. The number of piperidine rings is 1. The Balaban J connectivity index is 1.22. The number of hydrogen-bond donors (Lipinski definition) is 0. The summed E-state index contributed by atoms with van der Waals surface area (Å²) >= 11 is 0. The molecule has 40 heavy (non-hydrogen) atoms. The molecule has 1 amide bonds. The van der Waals surface area contributed by atoms with E-state index in [1.54, 1.807) is 12.1 Å². The molecule has 3 aliphatic rings. The van der Waals surface area contributed by atoms with Crippen molar-refractivity contribution in [3.8, 4) is 0 Å². The number of benzene rings is 2. The van der Waals surface area contributed by atoms with E-state index in [0.717, 1.165) is 30.4 Å². The van der Waals surface area contributed by atoms with Crippen LogP contribution >= 0.6 is 0 Å². The maximum atomic E-state index is 13.6. The van der Waals surface area contributed by atoms with Crippen molar-refractivity contribution in [2.24, 2.45) is 28.8 Å². The molecule has 7 nitrogen and oxygen atoms in total. The van der Waals surface area contributed by atoms with Crippen molar-refractivity contribution in [2.75, 3.05) is 25.2 Å². The molecule has 2 unspecified atom stereocenters. The summed E-state index contributed by atoms with van der Waals surface area (Å²) in [5, 5.41) is 5.19. The molecule has 10 heteroatoms.